The monoisotopic (exact) mass is 322 g/mol. The quantitative estimate of drug-likeness (QED) is 0.659. The number of amides is 1. The van der Waals surface area contributed by atoms with Crippen LogP contribution in [0.15, 0.2) is 71.8 Å². The predicted octanol–water partition coefficient (Wildman–Crippen LogP) is 4.63. The lowest BCUT2D eigenvalue weighted by atomic mass is 10.1. The molecular formula is C20H22N2O2. The normalized spacial score (nSPS) is 12.2. The lowest BCUT2D eigenvalue weighted by Gasteiger charge is -2.18. The topological polar surface area (TPSA) is 50.7 Å². The molecule has 0 aromatic heterocycles. The maximum Gasteiger partial charge on any atom is 0.428 e. The Labute approximate surface area is 142 Å². The number of nitrogens with zero attached hydrogens (tertiary/aromatic N) is 1. The summed E-state index contributed by atoms with van der Waals surface area (Å²) < 4.78 is 5.21. The van der Waals surface area contributed by atoms with Gasteiger partial charge < -0.3 is 4.74 Å². The summed E-state index contributed by atoms with van der Waals surface area (Å²) in [4.78, 5) is 11.8. The second-order valence-electron chi connectivity index (χ2n) is 6.22. The highest BCUT2D eigenvalue weighted by molar-refractivity contribution is 6.10. The Hall–Kier alpha value is -2.88. The van der Waals surface area contributed by atoms with Crippen LogP contribution in [-0.4, -0.2) is 17.4 Å². The van der Waals surface area contributed by atoms with Crippen molar-refractivity contribution in [1.29, 1.82) is 0 Å². The Bertz CT molecular complexity index is 714. The number of hydrogen-bond acceptors (Lipinski definition) is 3. The molecule has 1 amide bonds. The van der Waals surface area contributed by atoms with Gasteiger partial charge in [-0.1, -0.05) is 66.7 Å². The van der Waals surface area contributed by atoms with E-state index in [9.17, 15) is 4.79 Å². The molecule has 1 N–H and O–H groups in total. The van der Waals surface area contributed by atoms with Crippen molar-refractivity contribution in [2.24, 2.45) is 5.10 Å². The van der Waals surface area contributed by atoms with E-state index < -0.39 is 11.7 Å². The number of ether oxygens (including phenoxy) is 1. The molecule has 0 aliphatic heterocycles. The second kappa shape index (κ2) is 8.11. The Morgan fingerprint density at radius 3 is 2.17 bits per heavy atom. The van der Waals surface area contributed by atoms with Gasteiger partial charge in [-0.25, -0.2) is 10.2 Å². The molecule has 0 heterocycles. The molecule has 0 fully saturated rings. The van der Waals surface area contributed by atoms with E-state index in [0.29, 0.717) is 5.71 Å². The molecule has 4 heteroatoms. The van der Waals surface area contributed by atoms with Crippen LogP contribution in [0.25, 0.3) is 6.08 Å². The van der Waals surface area contributed by atoms with Crippen LogP contribution < -0.4 is 5.43 Å². The molecule has 24 heavy (non-hydrogen) atoms. The van der Waals surface area contributed by atoms with E-state index in [0.717, 1.165) is 11.1 Å². The fourth-order valence-electron chi connectivity index (χ4n) is 1.95. The summed E-state index contributed by atoms with van der Waals surface area (Å²) in [6.45, 7) is 5.43. The Morgan fingerprint density at radius 1 is 1.00 bits per heavy atom. The number of nitrogens with one attached hydrogen (secondary N) is 1. The van der Waals surface area contributed by atoms with Gasteiger partial charge in [-0.2, -0.15) is 5.10 Å². The van der Waals surface area contributed by atoms with Gasteiger partial charge in [-0.3, -0.25) is 0 Å². The van der Waals surface area contributed by atoms with Crippen LogP contribution in [0.2, 0.25) is 0 Å². The van der Waals surface area contributed by atoms with E-state index >= 15 is 0 Å². The summed E-state index contributed by atoms with van der Waals surface area (Å²) in [5.74, 6) is 0. The van der Waals surface area contributed by atoms with E-state index in [1.165, 1.54) is 0 Å². The third kappa shape index (κ3) is 6.08. The highest BCUT2D eigenvalue weighted by Crippen LogP contribution is 2.08. The third-order valence-electron chi connectivity index (χ3n) is 2.97. The lowest BCUT2D eigenvalue weighted by Crippen LogP contribution is -2.30. The molecule has 2 aromatic carbocycles. The Kier molecular flexibility index (Phi) is 5.90. The molecule has 4 nitrogen and oxygen atoms in total. The SMILES string of the molecule is CC(C)(C)OC(=O)NN=C(C=Cc1ccccc1)c1ccccc1. The average molecular weight is 322 g/mol. The number of allylic oxidation sites excluding steroid dienone is 1. The smallest absolute Gasteiger partial charge is 0.428 e. The van der Waals surface area contributed by atoms with Crippen LogP contribution in [0.4, 0.5) is 4.79 Å². The fraction of sp³-hybridized carbons (Fsp3) is 0.200. The number of hydrazone groups is 1. The predicted molar refractivity (Wildman–Crippen MR) is 97.8 cm³/mol. The summed E-state index contributed by atoms with van der Waals surface area (Å²) in [7, 11) is 0. The molecular weight excluding hydrogens is 300 g/mol. The van der Waals surface area contributed by atoms with Crippen LogP contribution >= 0.6 is 0 Å². The first-order valence-electron chi connectivity index (χ1n) is 7.79. The van der Waals surface area contributed by atoms with Crippen molar-refractivity contribution in [2.45, 2.75) is 26.4 Å². The molecule has 0 aliphatic rings. The Morgan fingerprint density at radius 2 is 1.58 bits per heavy atom. The van der Waals surface area contributed by atoms with Crippen molar-refractivity contribution < 1.29 is 9.53 Å². The summed E-state index contributed by atoms with van der Waals surface area (Å²) in [5.41, 5.74) is 4.49. The van der Waals surface area contributed by atoms with Gasteiger partial charge in [0.05, 0.1) is 5.71 Å². The maximum atomic E-state index is 11.8. The van der Waals surface area contributed by atoms with Crippen molar-refractivity contribution in [3.8, 4) is 0 Å². The number of carbonyl (C=O) groups is 1. The largest absolute Gasteiger partial charge is 0.443 e. The summed E-state index contributed by atoms with van der Waals surface area (Å²) in [6.07, 6.45) is 3.23. The zero-order chi connectivity index (χ0) is 17.4. The fourth-order valence-corrected chi connectivity index (χ4v) is 1.95. The van der Waals surface area contributed by atoms with Crippen LogP contribution in [0, 0.1) is 0 Å². The molecule has 0 saturated heterocycles. The highest BCUT2D eigenvalue weighted by atomic mass is 16.6. The van der Waals surface area contributed by atoms with E-state index in [-0.39, 0.29) is 0 Å². The van der Waals surface area contributed by atoms with E-state index in [4.69, 9.17) is 4.74 Å². The van der Waals surface area contributed by atoms with Crippen molar-refractivity contribution >= 4 is 17.9 Å². The van der Waals surface area contributed by atoms with Crippen LogP contribution in [0.5, 0.6) is 0 Å². The van der Waals surface area contributed by atoms with Gasteiger partial charge >= 0.3 is 6.09 Å². The van der Waals surface area contributed by atoms with Crippen molar-refractivity contribution in [1.82, 2.24) is 5.43 Å². The van der Waals surface area contributed by atoms with Crippen molar-refractivity contribution in [3.63, 3.8) is 0 Å². The lowest BCUT2D eigenvalue weighted by molar-refractivity contribution is 0.0529. The molecule has 0 unspecified atom stereocenters. The molecule has 2 rings (SSSR count). The van der Waals surface area contributed by atoms with Gasteiger partial charge in [-0.05, 0) is 32.4 Å². The highest BCUT2D eigenvalue weighted by Gasteiger charge is 2.15. The number of hydrogen-bond donors (Lipinski definition) is 1. The number of rotatable bonds is 4. The molecule has 0 saturated carbocycles. The van der Waals surface area contributed by atoms with Gasteiger partial charge in [0.15, 0.2) is 0 Å². The van der Waals surface area contributed by atoms with Crippen molar-refractivity contribution in [2.75, 3.05) is 0 Å². The minimum Gasteiger partial charge on any atom is -0.443 e. The molecule has 124 valence electrons. The first kappa shape index (κ1) is 17.5. The third-order valence-corrected chi connectivity index (χ3v) is 2.97. The van der Waals surface area contributed by atoms with E-state index in [1.54, 1.807) is 0 Å². The first-order chi connectivity index (χ1) is 11.4. The van der Waals surface area contributed by atoms with Crippen molar-refractivity contribution in [3.05, 3.63) is 77.9 Å². The van der Waals surface area contributed by atoms with Gasteiger partial charge in [0, 0.05) is 5.56 Å². The van der Waals surface area contributed by atoms with Crippen LogP contribution in [0.1, 0.15) is 31.9 Å². The minimum atomic E-state index is -0.580. The number of benzene rings is 2. The average Bonchev–Trinajstić information content (AvgIpc) is 2.55. The molecule has 0 atom stereocenters. The standard InChI is InChI=1S/C20H22N2O2/c1-20(2,3)24-19(23)22-21-18(17-12-8-5-9-13-17)15-14-16-10-6-4-7-11-16/h4-15H,1-3H3,(H,22,23). The van der Waals surface area contributed by atoms with Gasteiger partial charge in [-0.15, -0.1) is 0 Å². The zero-order valence-electron chi connectivity index (χ0n) is 14.2. The Balaban J connectivity index is 2.19. The van der Waals surface area contributed by atoms with Crippen LogP contribution in [-0.2, 0) is 4.74 Å². The molecule has 0 spiro atoms. The van der Waals surface area contributed by atoms with Gasteiger partial charge in [0.2, 0.25) is 0 Å². The van der Waals surface area contributed by atoms with Gasteiger partial charge in [0.1, 0.15) is 5.60 Å². The molecule has 0 aliphatic carbocycles. The summed E-state index contributed by atoms with van der Waals surface area (Å²) >= 11 is 0. The van der Waals surface area contributed by atoms with E-state index in [2.05, 4.69) is 10.5 Å². The zero-order valence-corrected chi connectivity index (χ0v) is 14.2. The van der Waals surface area contributed by atoms with Gasteiger partial charge in [0.25, 0.3) is 0 Å². The molecule has 0 bridgehead atoms. The van der Waals surface area contributed by atoms with Crippen LogP contribution in [0.3, 0.4) is 0 Å². The first-order valence-corrected chi connectivity index (χ1v) is 7.79. The molecule has 2 aromatic rings. The minimum absolute atomic E-state index is 0.563. The summed E-state index contributed by atoms with van der Waals surface area (Å²) in [5, 5.41) is 4.20. The maximum absolute atomic E-state index is 11.8. The number of carbonyl (C=O) groups excluding carboxylic acids is 1. The second-order valence-corrected chi connectivity index (χ2v) is 6.22. The van der Waals surface area contributed by atoms with E-state index in [1.807, 2.05) is 93.6 Å². The molecule has 0 radical (unpaired) electrons. The summed E-state index contributed by atoms with van der Waals surface area (Å²) in [6, 6.07) is 19.6.